The Kier molecular flexibility index (Phi) is 7.11. The Morgan fingerprint density at radius 3 is 2.21 bits per heavy atom. The van der Waals surface area contributed by atoms with Crippen molar-refractivity contribution in [3.63, 3.8) is 0 Å². The lowest BCUT2D eigenvalue weighted by molar-refractivity contribution is -0.271. The van der Waals surface area contributed by atoms with Gasteiger partial charge in [-0.15, -0.1) is 0 Å². The highest BCUT2D eigenvalue weighted by atomic mass is 19.1. The number of ether oxygens (including phenoxy) is 2. The van der Waals surface area contributed by atoms with Gasteiger partial charge in [0.2, 0.25) is 12.2 Å². The fraction of sp³-hybridized carbons (Fsp3) is 0.333. The Balaban J connectivity index is 1.43. The maximum atomic E-state index is 14.3. The van der Waals surface area contributed by atoms with E-state index in [0.717, 1.165) is 4.90 Å². The molecule has 3 aromatic carbocycles. The van der Waals surface area contributed by atoms with Crippen molar-refractivity contribution < 1.29 is 58.9 Å². The summed E-state index contributed by atoms with van der Waals surface area (Å²) in [6.07, 6.45) is -10.1. The Bertz CT molecular complexity index is 1600. The molecule has 1 amide bonds. The molecular weight excluding hydrogens is 556 g/mol. The first-order chi connectivity index (χ1) is 21.7. The fourth-order valence-electron chi connectivity index (χ4n) is 5.09. The number of carbonyl (C=O) groups is 2. The third-order valence-electron chi connectivity index (χ3n) is 7.33. The van der Waals surface area contributed by atoms with Crippen LogP contribution in [-0.2, 0) is 14.3 Å². The van der Waals surface area contributed by atoms with Gasteiger partial charge in [-0.2, -0.15) is 0 Å². The number of β-lactam (4-membered cyclic amide) rings is 1. The minimum absolute atomic E-state index is 0.0204. The number of nitrogens with zero attached hydrogens (tertiary/aromatic N) is 1. The zero-order valence-corrected chi connectivity index (χ0v) is 21.7. The number of halogens is 2. The van der Waals surface area contributed by atoms with Crippen molar-refractivity contribution in [3.05, 3.63) is 95.5 Å². The van der Waals surface area contributed by atoms with Gasteiger partial charge in [0.1, 0.15) is 35.7 Å². The molecule has 0 radical (unpaired) electrons. The summed E-state index contributed by atoms with van der Waals surface area (Å²) in [6, 6.07) is 6.48. The minimum Gasteiger partial charge on any atom is -0.479 e. The van der Waals surface area contributed by atoms with Gasteiger partial charge >= 0.3 is 5.97 Å². The predicted molar refractivity (Wildman–Crippen MR) is 142 cm³/mol. The lowest BCUT2D eigenvalue weighted by atomic mass is 9.78. The molecule has 2 saturated heterocycles. The van der Waals surface area contributed by atoms with E-state index in [2.05, 4.69) is 0 Å². The van der Waals surface area contributed by atoms with Crippen LogP contribution in [0.25, 0.3) is 0 Å². The third kappa shape index (κ3) is 5.85. The van der Waals surface area contributed by atoms with Crippen LogP contribution in [0.4, 0.5) is 14.5 Å². The molecule has 0 aromatic heterocycles. The minimum atomic E-state index is -1.92. The van der Waals surface area contributed by atoms with E-state index in [-0.39, 0.29) is 18.6 Å². The van der Waals surface area contributed by atoms with Crippen LogP contribution in [-0.4, -0.2) is 68.1 Å². The number of hydrogen-bond acceptors (Lipinski definition) is 8. The largest absolute Gasteiger partial charge is 0.479 e. The number of hydrogen-bond donors (Lipinski definition) is 5. The average molecular weight is 590 g/mol. The molecule has 10 nitrogen and oxygen atoms in total. The molecule has 5 rings (SSSR count). The van der Waals surface area contributed by atoms with Gasteiger partial charge in [0.15, 0.2) is 6.10 Å². The van der Waals surface area contributed by atoms with Gasteiger partial charge in [-0.05, 0) is 72.4 Å². The fourth-order valence-corrected chi connectivity index (χ4v) is 5.09. The zero-order chi connectivity index (χ0) is 33.6. The van der Waals surface area contributed by atoms with Crippen LogP contribution in [0.2, 0.25) is 0 Å². The highest BCUT2D eigenvalue weighted by Crippen LogP contribution is 2.46. The van der Waals surface area contributed by atoms with Crippen molar-refractivity contribution in [1.82, 2.24) is 0 Å². The average Bonchev–Trinajstić information content (AvgIpc) is 3.04. The second kappa shape index (κ2) is 12.1. The van der Waals surface area contributed by atoms with Gasteiger partial charge in [-0.3, -0.25) is 4.79 Å². The summed E-state index contributed by atoms with van der Waals surface area (Å²) in [7, 11) is 0. The van der Waals surface area contributed by atoms with E-state index in [0.29, 0.717) is 11.1 Å². The molecule has 2 aliphatic heterocycles. The molecule has 12 heteroatoms. The van der Waals surface area contributed by atoms with Crippen molar-refractivity contribution in [2.24, 2.45) is 5.92 Å². The maximum absolute atomic E-state index is 14.3. The highest BCUT2D eigenvalue weighted by Gasteiger charge is 2.49. The quantitative estimate of drug-likeness (QED) is 0.237. The first-order valence-corrected chi connectivity index (χ1v) is 12.9. The number of anilines is 1. The smallest absolute Gasteiger partial charge is 0.335 e. The summed E-state index contributed by atoms with van der Waals surface area (Å²) in [5.41, 5.74) is 0.377. The molecule has 8 atom stereocenters. The Morgan fingerprint density at radius 1 is 0.952 bits per heavy atom. The first-order valence-electron chi connectivity index (χ1n) is 14.9. The molecule has 2 fully saturated rings. The van der Waals surface area contributed by atoms with E-state index >= 15 is 0 Å². The van der Waals surface area contributed by atoms with Crippen molar-refractivity contribution in [2.75, 3.05) is 4.90 Å². The van der Waals surface area contributed by atoms with E-state index in [1.54, 1.807) is 0 Å². The molecule has 2 aliphatic rings. The third-order valence-corrected chi connectivity index (χ3v) is 7.33. The van der Waals surface area contributed by atoms with E-state index in [1.807, 2.05) is 0 Å². The number of aliphatic carboxylic acids is 1. The Morgan fingerprint density at radius 2 is 1.60 bits per heavy atom. The molecule has 0 aliphatic carbocycles. The number of aliphatic hydroxyl groups excluding tert-OH is 4. The maximum Gasteiger partial charge on any atom is 0.335 e. The van der Waals surface area contributed by atoms with E-state index < -0.39 is 102 Å². The number of carboxylic acids is 1. The predicted octanol–water partition coefficient (Wildman–Crippen LogP) is 2.45. The van der Waals surface area contributed by atoms with Crippen LogP contribution in [0.15, 0.2) is 72.7 Å². The van der Waals surface area contributed by atoms with Crippen molar-refractivity contribution in [1.29, 1.82) is 0 Å². The number of carbonyl (C=O) groups excluding carboxylic acids is 1. The number of benzene rings is 3. The van der Waals surface area contributed by atoms with Gasteiger partial charge in [0.05, 0.1) is 23.5 Å². The molecule has 0 spiro atoms. The summed E-state index contributed by atoms with van der Waals surface area (Å²) >= 11 is 0. The summed E-state index contributed by atoms with van der Waals surface area (Å²) in [5.74, 6) is -4.89. The van der Waals surface area contributed by atoms with Crippen molar-refractivity contribution >= 4 is 17.6 Å². The zero-order valence-electron chi connectivity index (χ0n) is 25.7. The normalized spacial score (nSPS) is 29.5. The molecular formula is C30H29F2NO9. The summed E-state index contributed by atoms with van der Waals surface area (Å²) < 4.78 is 70.7. The monoisotopic (exact) mass is 589 g/mol. The molecule has 42 heavy (non-hydrogen) atoms. The van der Waals surface area contributed by atoms with E-state index in [4.69, 9.17) is 15.0 Å². The number of aliphatic hydroxyl groups is 4. The Labute approximate surface area is 244 Å². The van der Waals surface area contributed by atoms with Crippen LogP contribution in [0.3, 0.4) is 0 Å². The molecule has 0 bridgehead atoms. The second-order valence-electron chi connectivity index (χ2n) is 9.99. The van der Waals surface area contributed by atoms with Crippen LogP contribution < -0.4 is 9.64 Å². The summed E-state index contributed by atoms with van der Waals surface area (Å²) in [6.45, 7) is 0. The summed E-state index contributed by atoms with van der Waals surface area (Å²) in [5, 5.41) is 50.2. The highest BCUT2D eigenvalue weighted by molar-refractivity contribution is 6.03. The molecule has 0 unspecified atom stereocenters. The van der Waals surface area contributed by atoms with E-state index in [9.17, 15) is 43.9 Å². The van der Waals surface area contributed by atoms with E-state index in [1.165, 1.54) is 48.5 Å². The number of rotatable bonds is 9. The topological polar surface area (TPSA) is 157 Å². The lowest BCUT2D eigenvalue weighted by Crippen LogP contribution is -2.61. The number of carboxylic acid groups (broad SMARTS) is 1. The van der Waals surface area contributed by atoms with Gasteiger partial charge < -0.3 is 39.9 Å². The second-order valence-corrected chi connectivity index (χ2v) is 9.99. The van der Waals surface area contributed by atoms with Gasteiger partial charge in [-0.1, -0.05) is 24.3 Å². The first kappa shape index (κ1) is 24.6. The van der Waals surface area contributed by atoms with Gasteiger partial charge in [0, 0.05) is 5.69 Å². The molecule has 0 saturated carbocycles. The molecule has 3 aromatic rings. The van der Waals surface area contributed by atoms with Crippen molar-refractivity contribution in [2.45, 2.75) is 55.7 Å². The van der Waals surface area contributed by atoms with Crippen LogP contribution >= 0.6 is 0 Å². The summed E-state index contributed by atoms with van der Waals surface area (Å²) in [4.78, 5) is 25.9. The lowest BCUT2D eigenvalue weighted by Gasteiger charge is -2.48. The van der Waals surface area contributed by atoms with Crippen LogP contribution in [0.1, 0.15) is 41.6 Å². The van der Waals surface area contributed by atoms with Gasteiger partial charge in [0.25, 0.3) is 0 Å². The molecule has 5 N–H and O–H groups in total. The molecule has 2 heterocycles. The standard InChI is InChI=1S/C30H29F2NO9/c31-17-5-1-15(2-6-17)22(34)14-13-21-23(33(28(21)38)19-9-7-18(32)8-10-19)16-3-11-20(12-4-16)41-30-26(37)24(35)25(36)27(42-30)29(39)40/h1-12,21-27,30,34-37H,13-14H2,(H,39,40)/t21-,22+,23-,24+,25+,26-,27+,30-/m1/s1/i7D,8D,9D,10D. The van der Waals surface area contributed by atoms with Crippen LogP contribution in [0, 0.1) is 17.6 Å². The Hall–Kier alpha value is -3.94. The SMILES string of the molecule is [2H]c1c([2H])c(N2C(=O)[C@H](CC[C@H](O)c3ccc(F)cc3)[C@H]2c2ccc(O[C@@H]3O[C@H](C(=O)O)[C@@H](O)[C@H](O)[C@H]3O)cc2)c([2H])c([2H])c1F. The number of amides is 1. The molecule has 222 valence electrons. The van der Waals surface area contributed by atoms with Gasteiger partial charge in [-0.25, -0.2) is 13.6 Å². The van der Waals surface area contributed by atoms with Crippen molar-refractivity contribution in [3.8, 4) is 5.75 Å². The van der Waals surface area contributed by atoms with Crippen LogP contribution in [0.5, 0.6) is 5.75 Å².